The van der Waals surface area contributed by atoms with E-state index in [1.165, 1.54) is 0 Å². The number of rotatable bonds is 3. The molecule has 0 aromatic heterocycles. The van der Waals surface area contributed by atoms with E-state index in [4.69, 9.17) is 0 Å². The van der Waals surface area contributed by atoms with Crippen molar-refractivity contribution < 1.29 is 9.50 Å². The lowest BCUT2D eigenvalue weighted by Crippen LogP contribution is -2.46. The topological polar surface area (TPSA) is 35.5 Å². The van der Waals surface area contributed by atoms with Crippen LogP contribution in [0.15, 0.2) is 12.1 Å². The normalized spacial score (nSPS) is 17.8. The number of hydrogen-bond donors (Lipinski definition) is 2. The maximum absolute atomic E-state index is 13.5. The highest BCUT2D eigenvalue weighted by Gasteiger charge is 2.25. The van der Waals surface area contributed by atoms with Gasteiger partial charge in [-0.2, -0.15) is 0 Å². The Morgan fingerprint density at radius 3 is 2.26 bits per heavy atom. The second-order valence-corrected chi connectivity index (χ2v) is 4.95. The molecule has 0 saturated carbocycles. The number of hydrogen-bond acceptors (Lipinski definition) is 3. The second kappa shape index (κ2) is 7.08. The quantitative estimate of drug-likeness (QED) is 0.896. The van der Waals surface area contributed by atoms with Gasteiger partial charge in [-0.25, -0.2) is 4.39 Å². The molecule has 1 saturated heterocycles. The highest BCUT2D eigenvalue weighted by Crippen LogP contribution is 2.30. The van der Waals surface area contributed by atoms with Gasteiger partial charge in [-0.3, -0.25) is 4.90 Å². The monoisotopic (exact) mass is 288 g/mol. The van der Waals surface area contributed by atoms with Crippen molar-refractivity contribution in [3.63, 3.8) is 0 Å². The fourth-order valence-electron chi connectivity index (χ4n) is 2.83. The number of aryl methyl sites for hydroxylation is 2. The number of piperazine rings is 1. The zero-order chi connectivity index (χ0) is 13.1. The molecule has 0 radical (unpaired) electrons. The minimum atomic E-state index is -0.382. The van der Waals surface area contributed by atoms with Crippen molar-refractivity contribution in [2.24, 2.45) is 0 Å². The molecule has 108 valence electrons. The second-order valence-electron chi connectivity index (χ2n) is 4.95. The number of benzene rings is 1. The molecule has 19 heavy (non-hydrogen) atoms. The SMILES string of the molecule is Cc1cc(O)cc(C)c1[C@H](CF)N1CCNCC1.Cl. The number of alkyl halides is 1. The first-order valence-electron chi connectivity index (χ1n) is 6.44. The van der Waals surface area contributed by atoms with E-state index in [1.807, 2.05) is 13.8 Å². The van der Waals surface area contributed by atoms with Crippen molar-refractivity contribution in [2.45, 2.75) is 19.9 Å². The van der Waals surface area contributed by atoms with Crippen LogP contribution in [0, 0.1) is 13.8 Å². The molecule has 1 aliphatic rings. The molecule has 1 aromatic rings. The summed E-state index contributed by atoms with van der Waals surface area (Å²) in [4.78, 5) is 2.18. The molecular formula is C14H22ClFN2O. The van der Waals surface area contributed by atoms with Crippen LogP contribution in [0.4, 0.5) is 4.39 Å². The highest BCUT2D eigenvalue weighted by atomic mass is 35.5. The Labute approximate surface area is 120 Å². The van der Waals surface area contributed by atoms with E-state index < -0.39 is 0 Å². The van der Waals surface area contributed by atoms with Gasteiger partial charge in [0.25, 0.3) is 0 Å². The Hall–Kier alpha value is -0.840. The standard InChI is InChI=1S/C14H21FN2O.ClH/c1-10-7-12(18)8-11(2)14(10)13(9-15)17-5-3-16-4-6-17;/h7-8,13,16,18H,3-6,9H2,1-2H3;1H/t13-;/m0./s1. The molecule has 0 bridgehead atoms. The summed E-state index contributed by atoms with van der Waals surface area (Å²) in [6, 6.07) is 3.24. The number of phenols is 1. The lowest BCUT2D eigenvalue weighted by atomic mass is 9.95. The van der Waals surface area contributed by atoms with Crippen molar-refractivity contribution >= 4 is 12.4 Å². The Balaban J connectivity index is 0.00000180. The van der Waals surface area contributed by atoms with Gasteiger partial charge < -0.3 is 10.4 Å². The maximum Gasteiger partial charge on any atom is 0.116 e. The van der Waals surface area contributed by atoms with Gasteiger partial charge in [0.05, 0.1) is 6.04 Å². The largest absolute Gasteiger partial charge is 0.508 e. The molecule has 1 atom stereocenters. The average molecular weight is 289 g/mol. The number of nitrogens with zero attached hydrogens (tertiary/aromatic N) is 1. The van der Waals surface area contributed by atoms with Crippen LogP contribution in [0.1, 0.15) is 22.7 Å². The summed E-state index contributed by atoms with van der Waals surface area (Å²) in [5.74, 6) is 0.256. The molecule has 0 unspecified atom stereocenters. The lowest BCUT2D eigenvalue weighted by Gasteiger charge is -2.35. The molecule has 3 nitrogen and oxygen atoms in total. The van der Waals surface area contributed by atoms with Crippen molar-refractivity contribution in [1.29, 1.82) is 0 Å². The fourth-order valence-corrected chi connectivity index (χ4v) is 2.83. The molecule has 2 N–H and O–H groups in total. The molecule has 0 amide bonds. The van der Waals surface area contributed by atoms with E-state index >= 15 is 0 Å². The van der Waals surface area contributed by atoms with Crippen molar-refractivity contribution in [3.8, 4) is 5.75 Å². The van der Waals surface area contributed by atoms with Crippen LogP contribution in [0.5, 0.6) is 5.75 Å². The van der Waals surface area contributed by atoms with E-state index in [-0.39, 0.29) is 30.9 Å². The van der Waals surface area contributed by atoms with Gasteiger partial charge in [0.15, 0.2) is 0 Å². The van der Waals surface area contributed by atoms with Gasteiger partial charge in [-0.15, -0.1) is 12.4 Å². The van der Waals surface area contributed by atoms with Crippen LogP contribution < -0.4 is 5.32 Å². The zero-order valence-electron chi connectivity index (χ0n) is 11.4. The summed E-state index contributed by atoms with van der Waals surface area (Å²) in [6.45, 7) is 7.05. The third-order valence-electron chi connectivity index (χ3n) is 3.65. The van der Waals surface area contributed by atoms with E-state index in [9.17, 15) is 9.50 Å². The van der Waals surface area contributed by atoms with Crippen LogP contribution in [0.2, 0.25) is 0 Å². The van der Waals surface area contributed by atoms with Crippen LogP contribution >= 0.6 is 12.4 Å². The van der Waals surface area contributed by atoms with E-state index in [1.54, 1.807) is 12.1 Å². The third-order valence-corrected chi connectivity index (χ3v) is 3.65. The van der Waals surface area contributed by atoms with Crippen molar-refractivity contribution in [3.05, 3.63) is 28.8 Å². The van der Waals surface area contributed by atoms with E-state index in [0.717, 1.165) is 42.9 Å². The average Bonchev–Trinajstić information content (AvgIpc) is 2.34. The summed E-state index contributed by atoms with van der Waals surface area (Å²) >= 11 is 0. The Morgan fingerprint density at radius 2 is 1.79 bits per heavy atom. The minimum absolute atomic E-state index is 0. The summed E-state index contributed by atoms with van der Waals surface area (Å²) in [5, 5.41) is 12.8. The molecule has 2 rings (SSSR count). The molecule has 0 spiro atoms. The minimum Gasteiger partial charge on any atom is -0.508 e. The zero-order valence-corrected chi connectivity index (χ0v) is 12.3. The smallest absolute Gasteiger partial charge is 0.116 e. The number of halogens is 2. The molecule has 0 aliphatic carbocycles. The van der Waals surface area contributed by atoms with Gasteiger partial charge in [0.2, 0.25) is 0 Å². The van der Waals surface area contributed by atoms with Gasteiger partial charge in [-0.1, -0.05) is 0 Å². The Morgan fingerprint density at radius 1 is 1.26 bits per heavy atom. The predicted molar refractivity (Wildman–Crippen MR) is 78.0 cm³/mol. The van der Waals surface area contributed by atoms with Gasteiger partial charge in [0.1, 0.15) is 12.4 Å². The molecule has 1 aromatic carbocycles. The van der Waals surface area contributed by atoms with Crippen LogP contribution in [-0.4, -0.2) is 42.9 Å². The number of nitrogens with one attached hydrogen (secondary N) is 1. The fraction of sp³-hybridized carbons (Fsp3) is 0.571. The maximum atomic E-state index is 13.5. The van der Waals surface area contributed by atoms with Crippen LogP contribution in [0.3, 0.4) is 0 Å². The number of aromatic hydroxyl groups is 1. The van der Waals surface area contributed by atoms with E-state index in [2.05, 4.69) is 10.2 Å². The van der Waals surface area contributed by atoms with Crippen LogP contribution in [0.25, 0.3) is 0 Å². The lowest BCUT2D eigenvalue weighted by molar-refractivity contribution is 0.146. The number of phenolic OH excluding ortho intramolecular Hbond substituents is 1. The summed E-state index contributed by atoms with van der Waals surface area (Å²) < 4.78 is 13.5. The van der Waals surface area contributed by atoms with Gasteiger partial charge >= 0.3 is 0 Å². The predicted octanol–water partition coefficient (Wildman–Crippen LogP) is 2.35. The Bertz CT molecular complexity index is 399. The van der Waals surface area contributed by atoms with Gasteiger partial charge in [0, 0.05) is 26.2 Å². The molecule has 1 fully saturated rings. The molecule has 5 heteroatoms. The Kier molecular flexibility index (Phi) is 6.04. The van der Waals surface area contributed by atoms with Crippen molar-refractivity contribution in [2.75, 3.05) is 32.9 Å². The molecule has 1 aliphatic heterocycles. The first-order valence-corrected chi connectivity index (χ1v) is 6.44. The first kappa shape index (κ1) is 16.2. The third kappa shape index (κ3) is 3.59. The van der Waals surface area contributed by atoms with Crippen molar-refractivity contribution in [1.82, 2.24) is 10.2 Å². The van der Waals surface area contributed by atoms with E-state index in [0.29, 0.717) is 0 Å². The summed E-state index contributed by atoms with van der Waals surface area (Å²) in [5.41, 5.74) is 2.96. The first-order chi connectivity index (χ1) is 8.63. The molecule has 1 heterocycles. The summed E-state index contributed by atoms with van der Waals surface area (Å²) in [6.07, 6.45) is 0. The summed E-state index contributed by atoms with van der Waals surface area (Å²) in [7, 11) is 0. The molecular weight excluding hydrogens is 267 g/mol. The van der Waals surface area contributed by atoms with Crippen LogP contribution in [-0.2, 0) is 0 Å². The highest BCUT2D eigenvalue weighted by molar-refractivity contribution is 5.85. The van der Waals surface area contributed by atoms with Gasteiger partial charge in [-0.05, 0) is 42.7 Å².